The molecule has 0 saturated carbocycles. The van der Waals surface area contributed by atoms with Gasteiger partial charge in [0.25, 0.3) is 0 Å². The maximum absolute atomic E-state index is 5.80. The van der Waals surface area contributed by atoms with Crippen molar-refractivity contribution in [3.8, 4) is 0 Å². The number of nitrogens with two attached hydrogens (primary N) is 1. The van der Waals surface area contributed by atoms with Crippen LogP contribution < -0.4 is 16.0 Å². The molecule has 0 radical (unpaired) electrons. The van der Waals surface area contributed by atoms with Crippen LogP contribution in [-0.4, -0.2) is 36.1 Å². The van der Waals surface area contributed by atoms with E-state index in [4.69, 9.17) is 5.73 Å². The van der Waals surface area contributed by atoms with Crippen LogP contribution in [0.15, 0.2) is 12.4 Å². The van der Waals surface area contributed by atoms with Gasteiger partial charge in [0.2, 0.25) is 0 Å². The summed E-state index contributed by atoms with van der Waals surface area (Å²) in [5.74, 6) is 1.83. The Morgan fingerprint density at radius 1 is 1.50 bits per heavy atom. The van der Waals surface area contributed by atoms with Crippen LogP contribution in [0.1, 0.15) is 19.3 Å². The molecule has 1 aliphatic rings. The summed E-state index contributed by atoms with van der Waals surface area (Å²) in [6.45, 7) is 1.74. The van der Waals surface area contributed by atoms with Crippen molar-refractivity contribution in [1.29, 1.82) is 0 Å². The highest BCUT2D eigenvalue weighted by Gasteiger charge is 2.22. The number of hydrogen-bond acceptors (Lipinski definition) is 5. The minimum atomic E-state index is 0.424. The summed E-state index contributed by atoms with van der Waals surface area (Å²) in [5.41, 5.74) is 5.80. The molecular weight excluding hydrogens is 202 g/mol. The molecule has 1 saturated heterocycles. The SMILES string of the molecule is CNc1cc(N2CCCCC2CN)ncn1. The van der Waals surface area contributed by atoms with E-state index in [0.29, 0.717) is 12.6 Å². The van der Waals surface area contributed by atoms with E-state index in [1.54, 1.807) is 6.33 Å². The quantitative estimate of drug-likeness (QED) is 0.791. The summed E-state index contributed by atoms with van der Waals surface area (Å²) >= 11 is 0. The first-order valence-electron chi connectivity index (χ1n) is 5.81. The summed E-state index contributed by atoms with van der Waals surface area (Å²) in [6, 6.07) is 2.40. The number of nitrogens with one attached hydrogen (secondary N) is 1. The lowest BCUT2D eigenvalue weighted by molar-refractivity contribution is 0.462. The molecular formula is C11H19N5. The van der Waals surface area contributed by atoms with Crippen molar-refractivity contribution in [3.05, 3.63) is 12.4 Å². The van der Waals surface area contributed by atoms with Gasteiger partial charge in [-0.25, -0.2) is 9.97 Å². The van der Waals surface area contributed by atoms with Crippen LogP contribution in [0.2, 0.25) is 0 Å². The second-order valence-electron chi connectivity index (χ2n) is 4.09. The summed E-state index contributed by atoms with van der Waals surface area (Å²) in [5, 5.41) is 3.03. The van der Waals surface area contributed by atoms with Crippen LogP contribution in [0.5, 0.6) is 0 Å². The number of hydrogen-bond donors (Lipinski definition) is 2. The topological polar surface area (TPSA) is 67.1 Å². The number of aromatic nitrogens is 2. The summed E-state index contributed by atoms with van der Waals surface area (Å²) in [4.78, 5) is 10.7. The smallest absolute Gasteiger partial charge is 0.134 e. The van der Waals surface area contributed by atoms with Crippen LogP contribution in [0.25, 0.3) is 0 Å². The van der Waals surface area contributed by atoms with Gasteiger partial charge in [0, 0.05) is 32.2 Å². The first kappa shape index (κ1) is 11.1. The number of piperidine rings is 1. The van der Waals surface area contributed by atoms with E-state index in [9.17, 15) is 0 Å². The first-order chi connectivity index (χ1) is 7.85. The van der Waals surface area contributed by atoms with Gasteiger partial charge in [0.05, 0.1) is 0 Å². The maximum Gasteiger partial charge on any atom is 0.134 e. The molecule has 0 amide bonds. The van der Waals surface area contributed by atoms with E-state index in [0.717, 1.165) is 24.6 Å². The third-order valence-corrected chi connectivity index (χ3v) is 3.10. The summed E-state index contributed by atoms with van der Waals surface area (Å²) < 4.78 is 0. The Bertz CT molecular complexity index is 341. The van der Waals surface area contributed by atoms with E-state index < -0.39 is 0 Å². The van der Waals surface area contributed by atoms with Crippen LogP contribution in [0.3, 0.4) is 0 Å². The van der Waals surface area contributed by atoms with E-state index in [1.807, 2.05) is 13.1 Å². The Kier molecular flexibility index (Phi) is 3.56. The Morgan fingerprint density at radius 3 is 3.12 bits per heavy atom. The number of anilines is 2. The molecule has 1 aliphatic heterocycles. The average Bonchev–Trinajstić information content (AvgIpc) is 2.38. The van der Waals surface area contributed by atoms with Gasteiger partial charge in [0.1, 0.15) is 18.0 Å². The molecule has 1 fully saturated rings. The molecule has 0 spiro atoms. The molecule has 88 valence electrons. The fourth-order valence-corrected chi connectivity index (χ4v) is 2.19. The van der Waals surface area contributed by atoms with Gasteiger partial charge in [-0.15, -0.1) is 0 Å². The van der Waals surface area contributed by atoms with Crippen LogP contribution in [0, 0.1) is 0 Å². The Morgan fingerprint density at radius 2 is 2.38 bits per heavy atom. The molecule has 16 heavy (non-hydrogen) atoms. The normalized spacial score (nSPS) is 20.9. The zero-order valence-electron chi connectivity index (χ0n) is 9.69. The van der Waals surface area contributed by atoms with Crippen molar-refractivity contribution in [3.63, 3.8) is 0 Å². The second-order valence-corrected chi connectivity index (χ2v) is 4.09. The van der Waals surface area contributed by atoms with E-state index in [-0.39, 0.29) is 0 Å². The maximum atomic E-state index is 5.80. The van der Waals surface area contributed by atoms with Crippen molar-refractivity contribution in [2.24, 2.45) is 5.73 Å². The molecule has 1 atom stereocenters. The van der Waals surface area contributed by atoms with Gasteiger partial charge in [-0.3, -0.25) is 0 Å². The Labute approximate surface area is 96.1 Å². The Balaban J connectivity index is 2.20. The van der Waals surface area contributed by atoms with Crippen molar-refractivity contribution in [2.45, 2.75) is 25.3 Å². The van der Waals surface area contributed by atoms with Gasteiger partial charge in [0.15, 0.2) is 0 Å². The fraction of sp³-hybridized carbons (Fsp3) is 0.636. The molecule has 0 aliphatic carbocycles. The van der Waals surface area contributed by atoms with Crippen LogP contribution >= 0.6 is 0 Å². The molecule has 5 nitrogen and oxygen atoms in total. The fourth-order valence-electron chi connectivity index (χ4n) is 2.19. The highest BCUT2D eigenvalue weighted by molar-refractivity contribution is 5.49. The third kappa shape index (κ3) is 2.24. The second kappa shape index (κ2) is 5.12. The number of rotatable bonds is 3. The molecule has 3 N–H and O–H groups in total. The molecule has 2 rings (SSSR count). The molecule has 5 heteroatoms. The first-order valence-corrected chi connectivity index (χ1v) is 5.81. The van der Waals surface area contributed by atoms with E-state index in [2.05, 4.69) is 20.2 Å². The van der Waals surface area contributed by atoms with Gasteiger partial charge in [-0.2, -0.15) is 0 Å². The van der Waals surface area contributed by atoms with Gasteiger partial charge in [-0.1, -0.05) is 0 Å². The summed E-state index contributed by atoms with van der Waals surface area (Å²) in [7, 11) is 1.86. The van der Waals surface area contributed by atoms with Crippen molar-refractivity contribution >= 4 is 11.6 Å². The van der Waals surface area contributed by atoms with Crippen LogP contribution in [-0.2, 0) is 0 Å². The molecule has 1 aromatic heterocycles. The van der Waals surface area contributed by atoms with Gasteiger partial charge < -0.3 is 16.0 Å². The lowest BCUT2D eigenvalue weighted by Gasteiger charge is -2.35. The predicted molar refractivity (Wildman–Crippen MR) is 65.6 cm³/mol. The predicted octanol–water partition coefficient (Wildman–Crippen LogP) is 0.836. The molecule has 1 aromatic rings. The lowest BCUT2D eigenvalue weighted by Crippen LogP contribution is -2.44. The molecule has 0 bridgehead atoms. The minimum absolute atomic E-state index is 0.424. The zero-order chi connectivity index (χ0) is 11.4. The van der Waals surface area contributed by atoms with Crippen molar-refractivity contribution in [2.75, 3.05) is 30.4 Å². The van der Waals surface area contributed by atoms with Crippen LogP contribution in [0.4, 0.5) is 11.6 Å². The molecule has 2 heterocycles. The van der Waals surface area contributed by atoms with Gasteiger partial charge in [-0.05, 0) is 19.3 Å². The number of nitrogens with zero attached hydrogens (tertiary/aromatic N) is 3. The monoisotopic (exact) mass is 221 g/mol. The summed E-state index contributed by atoms with van der Waals surface area (Å²) in [6.07, 6.45) is 5.25. The van der Waals surface area contributed by atoms with Gasteiger partial charge >= 0.3 is 0 Å². The van der Waals surface area contributed by atoms with Crippen molar-refractivity contribution < 1.29 is 0 Å². The van der Waals surface area contributed by atoms with E-state index >= 15 is 0 Å². The Hall–Kier alpha value is -1.36. The minimum Gasteiger partial charge on any atom is -0.373 e. The average molecular weight is 221 g/mol. The molecule has 0 aromatic carbocycles. The van der Waals surface area contributed by atoms with E-state index in [1.165, 1.54) is 12.8 Å². The third-order valence-electron chi connectivity index (χ3n) is 3.10. The molecule has 1 unspecified atom stereocenters. The standard InChI is InChI=1S/C11H19N5/c1-13-10-6-11(15-8-14-10)16-5-3-2-4-9(16)7-12/h6,8-9H,2-5,7,12H2,1H3,(H,13,14,15). The zero-order valence-corrected chi connectivity index (χ0v) is 9.69. The highest BCUT2D eigenvalue weighted by Crippen LogP contribution is 2.23. The largest absolute Gasteiger partial charge is 0.373 e. The van der Waals surface area contributed by atoms with Crippen molar-refractivity contribution in [1.82, 2.24) is 9.97 Å². The highest BCUT2D eigenvalue weighted by atomic mass is 15.2. The lowest BCUT2D eigenvalue weighted by atomic mass is 10.0.